The van der Waals surface area contributed by atoms with E-state index in [0.29, 0.717) is 13.0 Å². The van der Waals surface area contributed by atoms with Crippen LogP contribution < -0.4 is 0 Å². The first-order chi connectivity index (χ1) is 7.56. The lowest BCUT2D eigenvalue weighted by Crippen LogP contribution is -2.12. The van der Waals surface area contributed by atoms with Gasteiger partial charge in [-0.05, 0) is 19.8 Å². The van der Waals surface area contributed by atoms with Gasteiger partial charge in [0.15, 0.2) is 0 Å². The van der Waals surface area contributed by atoms with Crippen LogP contribution in [0.15, 0.2) is 0 Å². The normalized spacial score (nSPS) is 11.9. The molecule has 0 bridgehead atoms. The van der Waals surface area contributed by atoms with E-state index in [9.17, 15) is 9.59 Å². The van der Waals surface area contributed by atoms with Gasteiger partial charge >= 0.3 is 11.9 Å². The smallest absolute Gasteiger partial charge is 0.305 e. The van der Waals surface area contributed by atoms with Crippen LogP contribution in [0.4, 0.5) is 0 Å². The molecule has 0 aromatic heterocycles. The third-order valence-electron chi connectivity index (χ3n) is 1.70. The highest BCUT2D eigenvalue weighted by atomic mass is 35.5. The third-order valence-corrected chi connectivity index (χ3v) is 1.83. The van der Waals surface area contributed by atoms with Gasteiger partial charge in [-0.2, -0.15) is 0 Å². The zero-order valence-electron chi connectivity index (χ0n) is 9.83. The zero-order chi connectivity index (χ0) is 12.4. The Kier molecular flexibility index (Phi) is 9.00. The number of esters is 2. The molecule has 0 spiro atoms. The molecule has 4 nitrogen and oxygen atoms in total. The molecule has 0 aliphatic heterocycles. The number of halogens is 1. The Labute approximate surface area is 101 Å². The average Bonchev–Trinajstić information content (AvgIpc) is 2.23. The van der Waals surface area contributed by atoms with Crippen molar-refractivity contribution in [3.8, 4) is 0 Å². The Bertz CT molecular complexity index is 216. The fourth-order valence-electron chi connectivity index (χ4n) is 0.945. The SMILES string of the molecule is CCCOC(=O)CCCC(=O)OCC(C)Cl. The van der Waals surface area contributed by atoms with Gasteiger partial charge in [0.2, 0.25) is 0 Å². The van der Waals surface area contributed by atoms with Crippen molar-refractivity contribution in [3.63, 3.8) is 0 Å². The maximum Gasteiger partial charge on any atom is 0.305 e. The average molecular weight is 251 g/mol. The molecule has 0 aromatic rings. The van der Waals surface area contributed by atoms with E-state index in [1.54, 1.807) is 6.92 Å². The monoisotopic (exact) mass is 250 g/mol. The van der Waals surface area contributed by atoms with Crippen LogP contribution >= 0.6 is 11.6 Å². The molecule has 0 aliphatic rings. The first-order valence-corrected chi connectivity index (χ1v) is 5.95. The van der Waals surface area contributed by atoms with Crippen LogP contribution in [0.5, 0.6) is 0 Å². The van der Waals surface area contributed by atoms with Gasteiger partial charge in [-0.25, -0.2) is 0 Å². The fraction of sp³-hybridized carbons (Fsp3) is 0.818. The second-order valence-electron chi connectivity index (χ2n) is 3.54. The Morgan fingerprint density at radius 2 is 1.75 bits per heavy atom. The molecule has 0 amide bonds. The van der Waals surface area contributed by atoms with Crippen LogP contribution in [0, 0.1) is 0 Å². The zero-order valence-corrected chi connectivity index (χ0v) is 10.6. The predicted octanol–water partition coefficient (Wildman–Crippen LogP) is 2.28. The number of carbonyl (C=O) groups excluding carboxylic acids is 2. The van der Waals surface area contributed by atoms with Crippen LogP contribution in [0.25, 0.3) is 0 Å². The highest BCUT2D eigenvalue weighted by Gasteiger charge is 2.07. The summed E-state index contributed by atoms with van der Waals surface area (Å²) in [7, 11) is 0. The van der Waals surface area contributed by atoms with E-state index in [1.807, 2.05) is 6.92 Å². The lowest BCUT2D eigenvalue weighted by atomic mass is 10.2. The molecule has 1 unspecified atom stereocenters. The summed E-state index contributed by atoms with van der Waals surface area (Å²) in [6.45, 7) is 4.32. The molecule has 0 radical (unpaired) electrons. The largest absolute Gasteiger partial charge is 0.466 e. The molecule has 0 fully saturated rings. The summed E-state index contributed by atoms with van der Waals surface area (Å²) in [5, 5.41) is -0.182. The van der Waals surface area contributed by atoms with Gasteiger partial charge in [0.05, 0.1) is 12.0 Å². The Hall–Kier alpha value is -0.770. The maximum absolute atomic E-state index is 11.1. The van der Waals surface area contributed by atoms with Crippen LogP contribution in [0.1, 0.15) is 39.5 Å². The second kappa shape index (κ2) is 9.46. The van der Waals surface area contributed by atoms with E-state index in [2.05, 4.69) is 0 Å². The van der Waals surface area contributed by atoms with Crippen molar-refractivity contribution in [2.75, 3.05) is 13.2 Å². The summed E-state index contributed by atoms with van der Waals surface area (Å²) < 4.78 is 9.70. The van der Waals surface area contributed by atoms with Crippen molar-refractivity contribution < 1.29 is 19.1 Å². The van der Waals surface area contributed by atoms with Gasteiger partial charge in [0.25, 0.3) is 0 Å². The number of carbonyl (C=O) groups is 2. The molecule has 0 N–H and O–H groups in total. The molecule has 0 rings (SSSR count). The molecule has 0 aliphatic carbocycles. The van der Waals surface area contributed by atoms with Crippen molar-refractivity contribution in [3.05, 3.63) is 0 Å². The van der Waals surface area contributed by atoms with Crippen LogP contribution in [-0.2, 0) is 19.1 Å². The van der Waals surface area contributed by atoms with Gasteiger partial charge in [0.1, 0.15) is 6.61 Å². The maximum atomic E-state index is 11.1. The highest BCUT2D eigenvalue weighted by molar-refractivity contribution is 6.20. The van der Waals surface area contributed by atoms with E-state index >= 15 is 0 Å². The Balaban J connectivity index is 3.43. The number of hydrogen-bond donors (Lipinski definition) is 0. The van der Waals surface area contributed by atoms with Crippen molar-refractivity contribution in [1.82, 2.24) is 0 Å². The lowest BCUT2D eigenvalue weighted by Gasteiger charge is -2.05. The van der Waals surface area contributed by atoms with Crippen LogP contribution in [-0.4, -0.2) is 30.5 Å². The quantitative estimate of drug-likeness (QED) is 0.490. The van der Waals surface area contributed by atoms with Crippen molar-refractivity contribution in [2.45, 2.75) is 44.9 Å². The van der Waals surface area contributed by atoms with E-state index in [-0.39, 0.29) is 36.8 Å². The molecular weight excluding hydrogens is 232 g/mol. The minimum Gasteiger partial charge on any atom is -0.466 e. The topological polar surface area (TPSA) is 52.6 Å². The third kappa shape index (κ3) is 9.77. The summed E-state index contributed by atoms with van der Waals surface area (Å²) in [4.78, 5) is 22.2. The second-order valence-corrected chi connectivity index (χ2v) is 4.28. The molecule has 16 heavy (non-hydrogen) atoms. The minimum absolute atomic E-state index is 0.182. The first-order valence-electron chi connectivity index (χ1n) is 5.51. The Morgan fingerprint density at radius 3 is 2.25 bits per heavy atom. The van der Waals surface area contributed by atoms with Crippen molar-refractivity contribution in [2.24, 2.45) is 0 Å². The number of hydrogen-bond acceptors (Lipinski definition) is 4. The van der Waals surface area contributed by atoms with E-state index < -0.39 is 0 Å². The molecule has 0 saturated heterocycles. The molecule has 0 saturated carbocycles. The fourth-order valence-corrected chi connectivity index (χ4v) is 1.01. The highest BCUT2D eigenvalue weighted by Crippen LogP contribution is 2.02. The number of alkyl halides is 1. The van der Waals surface area contributed by atoms with Crippen LogP contribution in [0.2, 0.25) is 0 Å². The lowest BCUT2D eigenvalue weighted by molar-refractivity contribution is -0.145. The molecule has 94 valence electrons. The molecule has 0 heterocycles. The minimum atomic E-state index is -0.323. The van der Waals surface area contributed by atoms with Gasteiger partial charge in [-0.15, -0.1) is 11.6 Å². The standard InChI is InChI=1S/C11H19ClO4/c1-3-7-15-10(13)5-4-6-11(14)16-8-9(2)12/h9H,3-8H2,1-2H3. The van der Waals surface area contributed by atoms with Crippen molar-refractivity contribution in [1.29, 1.82) is 0 Å². The van der Waals surface area contributed by atoms with Gasteiger partial charge < -0.3 is 9.47 Å². The summed E-state index contributed by atoms with van der Waals surface area (Å²) >= 11 is 5.61. The van der Waals surface area contributed by atoms with Crippen molar-refractivity contribution >= 4 is 23.5 Å². The van der Waals surface area contributed by atoms with Gasteiger partial charge in [0, 0.05) is 12.8 Å². The summed E-state index contributed by atoms with van der Waals surface area (Å²) in [6, 6.07) is 0. The molecule has 1 atom stereocenters. The summed E-state index contributed by atoms with van der Waals surface area (Å²) in [5.74, 6) is -0.587. The first kappa shape index (κ1) is 15.2. The van der Waals surface area contributed by atoms with E-state index in [4.69, 9.17) is 21.1 Å². The number of ether oxygens (including phenoxy) is 2. The summed E-state index contributed by atoms with van der Waals surface area (Å²) in [5.41, 5.74) is 0. The molecule has 5 heteroatoms. The van der Waals surface area contributed by atoms with E-state index in [1.165, 1.54) is 0 Å². The summed E-state index contributed by atoms with van der Waals surface area (Å²) in [6.07, 6.45) is 1.75. The molecule has 0 aromatic carbocycles. The molecular formula is C11H19ClO4. The van der Waals surface area contributed by atoms with E-state index in [0.717, 1.165) is 6.42 Å². The number of rotatable bonds is 8. The van der Waals surface area contributed by atoms with Gasteiger partial charge in [-0.1, -0.05) is 6.92 Å². The Morgan fingerprint density at radius 1 is 1.19 bits per heavy atom. The van der Waals surface area contributed by atoms with Crippen LogP contribution in [0.3, 0.4) is 0 Å². The predicted molar refractivity (Wildman–Crippen MR) is 61.4 cm³/mol. The van der Waals surface area contributed by atoms with Gasteiger partial charge in [-0.3, -0.25) is 9.59 Å².